The van der Waals surface area contributed by atoms with Gasteiger partial charge in [-0.25, -0.2) is 0 Å². The monoisotopic (exact) mass is 661 g/mol. The lowest BCUT2D eigenvalue weighted by Gasteiger charge is -2.40. The highest BCUT2D eigenvalue weighted by Gasteiger charge is 2.34. The molecule has 3 aromatic rings. The first-order valence-electron chi connectivity index (χ1n) is 16.6. The van der Waals surface area contributed by atoms with E-state index >= 15 is 0 Å². The molecule has 3 N–H and O–H groups in total. The first kappa shape index (κ1) is 31.2. The molecule has 244 valence electrons. The van der Waals surface area contributed by atoms with Crippen molar-refractivity contribution >= 4 is 50.5 Å². The number of amides is 2. The van der Waals surface area contributed by atoms with Gasteiger partial charge in [0.1, 0.15) is 5.01 Å². The van der Waals surface area contributed by atoms with Crippen LogP contribution >= 0.6 is 11.3 Å². The molecule has 4 heterocycles. The highest BCUT2D eigenvalue weighted by atomic mass is 32.2. The lowest BCUT2D eigenvalue weighted by atomic mass is 9.86. The van der Waals surface area contributed by atoms with Crippen LogP contribution in [0.4, 0.5) is 16.5 Å². The second kappa shape index (κ2) is 14.6. The quantitative estimate of drug-likeness (QED) is 0.271. The van der Waals surface area contributed by atoms with E-state index in [-0.39, 0.29) is 17.7 Å². The molecule has 2 aromatic carbocycles. The molecule has 3 fully saturated rings. The van der Waals surface area contributed by atoms with Gasteiger partial charge in [0.2, 0.25) is 16.9 Å². The number of rotatable bonds is 11. The number of carbonyl (C=O) groups is 2. The highest BCUT2D eigenvalue weighted by Crippen LogP contribution is 2.38. The van der Waals surface area contributed by atoms with Gasteiger partial charge < -0.3 is 20.4 Å². The van der Waals surface area contributed by atoms with E-state index in [9.17, 15) is 9.59 Å². The number of hydrogen-bond acceptors (Lipinski definition) is 10. The predicted molar refractivity (Wildman–Crippen MR) is 184 cm³/mol. The minimum Gasteiger partial charge on any atom is -0.372 e. The summed E-state index contributed by atoms with van der Waals surface area (Å²) in [7, 11) is -0.399. The molecule has 2 unspecified atom stereocenters. The second-order valence-corrected chi connectivity index (χ2v) is 15.2. The molecule has 1 aliphatic carbocycles. The number of benzene rings is 2. The van der Waals surface area contributed by atoms with Crippen LogP contribution in [0.2, 0.25) is 0 Å². The van der Waals surface area contributed by atoms with E-state index in [0.29, 0.717) is 29.9 Å². The summed E-state index contributed by atoms with van der Waals surface area (Å²) in [4.78, 5) is 30.5. The van der Waals surface area contributed by atoms with Crippen molar-refractivity contribution < 1.29 is 9.59 Å². The molecule has 7 rings (SSSR count). The molecule has 1 aromatic heterocycles. The molecule has 11 nitrogen and oxygen atoms in total. The van der Waals surface area contributed by atoms with E-state index in [0.717, 1.165) is 68.0 Å². The molecule has 2 saturated heterocycles. The summed E-state index contributed by atoms with van der Waals surface area (Å²) in [5.41, 5.74) is 7.60. The average Bonchev–Trinajstić information content (AvgIpc) is 3.85. The number of nitrogens with one attached hydrogen (secondary N) is 3. The first-order valence-corrected chi connectivity index (χ1v) is 18.7. The molecular formula is C33H43N9O2S2. The number of hydrogen-bond donors (Lipinski definition) is 3. The fourth-order valence-electron chi connectivity index (χ4n) is 6.97. The number of anilines is 3. The van der Waals surface area contributed by atoms with Gasteiger partial charge in [-0.2, -0.15) is 4.41 Å². The summed E-state index contributed by atoms with van der Waals surface area (Å²) < 4.78 is 6.68. The molecule has 46 heavy (non-hydrogen) atoms. The Morgan fingerprint density at radius 1 is 0.848 bits per heavy atom. The van der Waals surface area contributed by atoms with Gasteiger partial charge in [-0.3, -0.25) is 9.59 Å². The predicted octanol–water partition coefficient (Wildman–Crippen LogP) is 4.71. The van der Waals surface area contributed by atoms with Crippen LogP contribution in [0.15, 0.2) is 53.0 Å². The van der Waals surface area contributed by atoms with Crippen molar-refractivity contribution in [2.75, 3.05) is 47.2 Å². The lowest BCUT2D eigenvalue weighted by molar-refractivity contribution is -0.120. The fraction of sp³-hybridized carbons (Fsp3) is 0.515. The van der Waals surface area contributed by atoms with Gasteiger partial charge in [0.05, 0.1) is 18.7 Å². The summed E-state index contributed by atoms with van der Waals surface area (Å²) in [5.74, 6) is 0.746. The van der Waals surface area contributed by atoms with Gasteiger partial charge in [0, 0.05) is 60.4 Å². The Balaban J connectivity index is 0.875. The third-order valence-electron chi connectivity index (χ3n) is 9.38. The number of aromatic nitrogens is 2. The Kier molecular flexibility index (Phi) is 9.89. The van der Waals surface area contributed by atoms with E-state index in [2.05, 4.69) is 75.4 Å². The van der Waals surface area contributed by atoms with Gasteiger partial charge in [-0.15, -0.1) is 20.2 Å². The standard InChI is InChI=1S/C33H43N9O2S2/c43-30(20-24-8-5-11-27(18-24)40-14-1-2-15-40)34-23-46-39-38-42(46)29-13-7-10-26(22-29)32-36-37-33(45-32)35-31(44)21-25-9-6-12-28(19-25)41-16-3-4-17-41/h5-6,8-9,11-12,18-19,26,29,38H,1-4,7,10,13-17,20-23H2,(H,34,43)(H,35,37,44)/t26?,29-,46?/m0/s1. The Bertz CT molecular complexity index is 1570. The van der Waals surface area contributed by atoms with Gasteiger partial charge in [-0.05, 0) is 80.3 Å². The van der Waals surface area contributed by atoms with Crippen LogP contribution in [0.3, 0.4) is 0 Å². The molecule has 3 atom stereocenters. The fourth-order valence-corrected chi connectivity index (χ4v) is 9.20. The van der Waals surface area contributed by atoms with Crippen molar-refractivity contribution in [2.45, 2.75) is 76.2 Å². The average molecular weight is 662 g/mol. The van der Waals surface area contributed by atoms with Crippen molar-refractivity contribution in [1.29, 1.82) is 0 Å². The van der Waals surface area contributed by atoms with Gasteiger partial charge in [0.25, 0.3) is 0 Å². The maximum Gasteiger partial charge on any atom is 0.230 e. The highest BCUT2D eigenvalue weighted by molar-refractivity contribution is 7.85. The number of carbonyl (C=O) groups excluding carboxylic acids is 2. The third kappa shape index (κ3) is 7.59. The Labute approximate surface area is 277 Å². The summed E-state index contributed by atoms with van der Waals surface area (Å²) in [5, 5.41) is 16.4. The number of nitrogens with zero attached hydrogens (tertiary/aromatic N) is 6. The van der Waals surface area contributed by atoms with E-state index < -0.39 is 10.9 Å². The van der Waals surface area contributed by atoms with E-state index in [1.165, 1.54) is 48.4 Å². The zero-order valence-corrected chi connectivity index (χ0v) is 27.8. The van der Waals surface area contributed by atoms with Crippen LogP contribution in [0.5, 0.6) is 0 Å². The topological polar surface area (TPSA) is 118 Å². The molecule has 0 spiro atoms. The molecule has 13 heteroatoms. The van der Waals surface area contributed by atoms with Crippen LogP contribution in [0.1, 0.15) is 73.4 Å². The molecular weight excluding hydrogens is 619 g/mol. The molecule has 3 aliphatic heterocycles. The molecule has 0 bridgehead atoms. The second-order valence-electron chi connectivity index (χ2n) is 12.7. The zero-order valence-electron chi connectivity index (χ0n) is 26.2. The smallest absolute Gasteiger partial charge is 0.230 e. The SMILES string of the molecule is O=C(Cc1cccc(N2CCCC2)c1)NCS1=NNN1[C@H]1CCCC(c2nnc(NC(=O)Cc3cccc(N4CCCC4)c3)s2)C1. The summed E-state index contributed by atoms with van der Waals surface area (Å²) in [6.45, 7) is 4.35. The van der Waals surface area contributed by atoms with Crippen LogP contribution in [0.25, 0.3) is 0 Å². The third-order valence-corrected chi connectivity index (χ3v) is 11.9. The largest absolute Gasteiger partial charge is 0.372 e. The molecule has 1 saturated carbocycles. The van der Waals surface area contributed by atoms with Crippen molar-refractivity contribution in [3.8, 4) is 0 Å². The Hall–Kier alpha value is -3.39. The van der Waals surface area contributed by atoms with Crippen molar-refractivity contribution in [3.63, 3.8) is 0 Å². The van der Waals surface area contributed by atoms with Crippen LogP contribution in [0, 0.1) is 0 Å². The van der Waals surface area contributed by atoms with E-state index in [1.807, 2.05) is 18.2 Å². The van der Waals surface area contributed by atoms with Crippen molar-refractivity contribution in [2.24, 2.45) is 4.47 Å². The van der Waals surface area contributed by atoms with Crippen molar-refractivity contribution in [3.05, 3.63) is 64.7 Å². The maximum atomic E-state index is 12.9. The van der Waals surface area contributed by atoms with Crippen molar-refractivity contribution in [1.82, 2.24) is 25.5 Å². The normalized spacial score (nSPS) is 23.2. The van der Waals surface area contributed by atoms with E-state index in [4.69, 9.17) is 0 Å². The lowest BCUT2D eigenvalue weighted by Crippen LogP contribution is -2.55. The Morgan fingerprint density at radius 2 is 1.50 bits per heavy atom. The minimum atomic E-state index is -0.399. The summed E-state index contributed by atoms with van der Waals surface area (Å²) >= 11 is 1.48. The zero-order chi connectivity index (χ0) is 31.3. The summed E-state index contributed by atoms with van der Waals surface area (Å²) in [6.07, 6.45) is 9.75. The van der Waals surface area contributed by atoms with Crippen LogP contribution < -0.4 is 26.0 Å². The van der Waals surface area contributed by atoms with Gasteiger partial charge >= 0.3 is 0 Å². The molecule has 4 aliphatic rings. The maximum absolute atomic E-state index is 12.9. The van der Waals surface area contributed by atoms with E-state index in [1.54, 1.807) is 0 Å². The van der Waals surface area contributed by atoms with Crippen LogP contribution in [-0.4, -0.2) is 64.5 Å². The summed E-state index contributed by atoms with van der Waals surface area (Å²) in [6, 6.07) is 17.0. The first-order chi connectivity index (χ1) is 22.6. The Morgan fingerprint density at radius 3 is 2.13 bits per heavy atom. The van der Waals surface area contributed by atoms with Gasteiger partial charge in [-0.1, -0.05) is 42.0 Å². The minimum absolute atomic E-state index is 0.0253. The number of hydrazine groups is 1. The molecule has 2 amide bonds. The van der Waals surface area contributed by atoms with Crippen LogP contribution in [-0.2, 0) is 33.3 Å². The molecule has 0 radical (unpaired) electrons. The van der Waals surface area contributed by atoms with Gasteiger partial charge in [0.15, 0.2) is 0 Å².